The normalized spacial score (nSPS) is 16.9. The van der Waals surface area contributed by atoms with Crippen LogP contribution in [0.5, 0.6) is 0 Å². The SMILES string of the molecule is CCCc1nc2cccc(C(=O)O)c2n1C1(CC)CCC1. The van der Waals surface area contributed by atoms with Crippen molar-refractivity contribution >= 4 is 17.0 Å². The molecular weight excluding hydrogens is 264 g/mol. The average Bonchev–Trinajstić information content (AvgIpc) is 2.77. The van der Waals surface area contributed by atoms with Crippen LogP contribution in [0.15, 0.2) is 18.2 Å². The number of carboxylic acid groups (broad SMARTS) is 1. The maximum absolute atomic E-state index is 11.6. The summed E-state index contributed by atoms with van der Waals surface area (Å²) in [5.41, 5.74) is 2.08. The van der Waals surface area contributed by atoms with Crippen molar-refractivity contribution in [2.24, 2.45) is 0 Å². The highest BCUT2D eigenvalue weighted by Crippen LogP contribution is 2.45. The first-order chi connectivity index (χ1) is 10.1. The van der Waals surface area contributed by atoms with Gasteiger partial charge in [0.25, 0.3) is 0 Å². The summed E-state index contributed by atoms with van der Waals surface area (Å²) in [5, 5.41) is 9.53. The first kappa shape index (κ1) is 14.1. The molecule has 112 valence electrons. The lowest BCUT2D eigenvalue weighted by molar-refractivity contribution is 0.0697. The number of para-hydroxylation sites is 1. The van der Waals surface area contributed by atoms with Crippen LogP contribution in [-0.2, 0) is 12.0 Å². The molecule has 1 heterocycles. The van der Waals surface area contributed by atoms with Gasteiger partial charge in [-0.05, 0) is 44.2 Å². The summed E-state index contributed by atoms with van der Waals surface area (Å²) in [4.78, 5) is 16.4. The first-order valence-corrected chi connectivity index (χ1v) is 7.87. The fourth-order valence-corrected chi connectivity index (χ4v) is 3.57. The highest BCUT2D eigenvalue weighted by Gasteiger charge is 2.40. The Morgan fingerprint density at radius 3 is 2.67 bits per heavy atom. The second-order valence-corrected chi connectivity index (χ2v) is 6.02. The second kappa shape index (κ2) is 5.17. The van der Waals surface area contributed by atoms with E-state index in [2.05, 4.69) is 18.4 Å². The Hall–Kier alpha value is -1.84. The van der Waals surface area contributed by atoms with Gasteiger partial charge in [-0.1, -0.05) is 19.9 Å². The van der Waals surface area contributed by atoms with Crippen molar-refractivity contribution in [3.63, 3.8) is 0 Å². The smallest absolute Gasteiger partial charge is 0.337 e. The number of benzene rings is 1. The van der Waals surface area contributed by atoms with Crippen molar-refractivity contribution in [1.29, 1.82) is 0 Å². The van der Waals surface area contributed by atoms with Gasteiger partial charge < -0.3 is 9.67 Å². The largest absolute Gasteiger partial charge is 0.478 e. The molecule has 1 aromatic heterocycles. The molecule has 0 spiro atoms. The maximum atomic E-state index is 11.6. The van der Waals surface area contributed by atoms with Crippen LogP contribution in [0.4, 0.5) is 0 Å². The van der Waals surface area contributed by atoms with Crippen LogP contribution in [0.25, 0.3) is 11.0 Å². The van der Waals surface area contributed by atoms with Crippen LogP contribution in [0, 0.1) is 0 Å². The number of hydrogen-bond acceptors (Lipinski definition) is 2. The Labute approximate surface area is 124 Å². The summed E-state index contributed by atoms with van der Waals surface area (Å²) in [6, 6.07) is 5.41. The van der Waals surface area contributed by atoms with E-state index in [1.807, 2.05) is 6.07 Å². The summed E-state index contributed by atoms with van der Waals surface area (Å²) in [6.07, 6.45) is 6.41. The average molecular weight is 286 g/mol. The van der Waals surface area contributed by atoms with Gasteiger partial charge in [0.05, 0.1) is 16.6 Å². The van der Waals surface area contributed by atoms with Crippen molar-refractivity contribution in [1.82, 2.24) is 9.55 Å². The highest BCUT2D eigenvalue weighted by atomic mass is 16.4. The second-order valence-electron chi connectivity index (χ2n) is 6.02. The van der Waals surface area contributed by atoms with Crippen LogP contribution < -0.4 is 0 Å². The molecule has 0 aliphatic heterocycles. The van der Waals surface area contributed by atoms with Gasteiger partial charge in [0, 0.05) is 12.0 Å². The molecule has 1 aliphatic rings. The van der Waals surface area contributed by atoms with Crippen LogP contribution in [-0.4, -0.2) is 20.6 Å². The molecule has 0 amide bonds. The third-order valence-electron chi connectivity index (χ3n) is 4.87. The fraction of sp³-hybridized carbons (Fsp3) is 0.529. The zero-order valence-electron chi connectivity index (χ0n) is 12.7. The molecule has 0 radical (unpaired) electrons. The van der Waals surface area contributed by atoms with Crippen LogP contribution in [0.3, 0.4) is 0 Å². The van der Waals surface area contributed by atoms with E-state index >= 15 is 0 Å². The lowest BCUT2D eigenvalue weighted by atomic mass is 9.74. The summed E-state index contributed by atoms with van der Waals surface area (Å²) in [6.45, 7) is 4.34. The van der Waals surface area contributed by atoms with Crippen LogP contribution >= 0.6 is 0 Å². The molecule has 0 bridgehead atoms. The van der Waals surface area contributed by atoms with Gasteiger partial charge in [-0.25, -0.2) is 9.78 Å². The number of aryl methyl sites for hydroxylation is 1. The molecule has 4 nitrogen and oxygen atoms in total. The lowest BCUT2D eigenvalue weighted by Crippen LogP contribution is -2.41. The Morgan fingerprint density at radius 2 is 2.14 bits per heavy atom. The Bertz CT molecular complexity index is 678. The molecule has 4 heteroatoms. The minimum absolute atomic E-state index is 0.0742. The Kier molecular flexibility index (Phi) is 3.47. The van der Waals surface area contributed by atoms with E-state index in [0.717, 1.165) is 49.0 Å². The summed E-state index contributed by atoms with van der Waals surface area (Å²) in [5.74, 6) is 0.179. The van der Waals surface area contributed by atoms with Gasteiger partial charge in [-0.2, -0.15) is 0 Å². The highest BCUT2D eigenvalue weighted by molar-refractivity contribution is 6.01. The molecule has 1 N–H and O–H groups in total. The number of aromatic carboxylic acids is 1. The van der Waals surface area contributed by atoms with E-state index in [4.69, 9.17) is 4.98 Å². The number of carboxylic acids is 1. The maximum Gasteiger partial charge on any atom is 0.337 e. The number of imidazole rings is 1. The monoisotopic (exact) mass is 286 g/mol. The van der Waals surface area contributed by atoms with Crippen molar-refractivity contribution in [3.05, 3.63) is 29.6 Å². The zero-order valence-corrected chi connectivity index (χ0v) is 12.7. The molecule has 2 aromatic rings. The minimum atomic E-state index is -0.865. The zero-order chi connectivity index (χ0) is 15.0. The lowest BCUT2D eigenvalue weighted by Gasteiger charge is -2.44. The molecule has 0 saturated heterocycles. The van der Waals surface area contributed by atoms with Crippen molar-refractivity contribution in [2.45, 2.75) is 57.9 Å². The van der Waals surface area contributed by atoms with E-state index in [9.17, 15) is 9.90 Å². The fourth-order valence-electron chi connectivity index (χ4n) is 3.57. The molecule has 1 aromatic carbocycles. The number of rotatable bonds is 5. The van der Waals surface area contributed by atoms with E-state index in [0.29, 0.717) is 5.56 Å². The number of hydrogen-bond donors (Lipinski definition) is 1. The molecule has 3 rings (SSSR count). The molecule has 0 unspecified atom stereocenters. The van der Waals surface area contributed by atoms with Gasteiger partial charge in [0.15, 0.2) is 0 Å². The van der Waals surface area contributed by atoms with E-state index < -0.39 is 5.97 Å². The molecule has 1 saturated carbocycles. The summed E-state index contributed by atoms with van der Waals surface area (Å²) < 4.78 is 2.26. The standard InChI is InChI=1S/C17H22N2O2/c1-3-7-14-18-13-9-5-8-12(16(20)21)15(13)19(14)17(4-2)10-6-11-17/h5,8-9H,3-4,6-7,10-11H2,1-2H3,(H,20,21). The Morgan fingerprint density at radius 1 is 1.38 bits per heavy atom. The summed E-state index contributed by atoms with van der Waals surface area (Å²) >= 11 is 0. The Balaban J connectivity index is 2.32. The predicted octanol–water partition coefficient (Wildman–Crippen LogP) is 3.98. The van der Waals surface area contributed by atoms with E-state index in [-0.39, 0.29) is 5.54 Å². The topological polar surface area (TPSA) is 55.1 Å². The van der Waals surface area contributed by atoms with Crippen molar-refractivity contribution < 1.29 is 9.90 Å². The van der Waals surface area contributed by atoms with Gasteiger partial charge >= 0.3 is 5.97 Å². The van der Waals surface area contributed by atoms with Gasteiger partial charge in [-0.3, -0.25) is 0 Å². The van der Waals surface area contributed by atoms with Crippen molar-refractivity contribution in [2.75, 3.05) is 0 Å². The quantitative estimate of drug-likeness (QED) is 0.904. The van der Waals surface area contributed by atoms with Crippen LogP contribution in [0.1, 0.15) is 62.1 Å². The molecule has 1 aliphatic carbocycles. The van der Waals surface area contributed by atoms with E-state index in [1.165, 1.54) is 6.42 Å². The number of aromatic nitrogens is 2. The third-order valence-corrected chi connectivity index (χ3v) is 4.87. The molecule has 0 atom stereocenters. The molecule has 1 fully saturated rings. The van der Waals surface area contributed by atoms with Gasteiger partial charge in [-0.15, -0.1) is 0 Å². The summed E-state index contributed by atoms with van der Waals surface area (Å²) in [7, 11) is 0. The molecule has 21 heavy (non-hydrogen) atoms. The molecular formula is C17H22N2O2. The van der Waals surface area contributed by atoms with E-state index in [1.54, 1.807) is 12.1 Å². The van der Waals surface area contributed by atoms with Crippen molar-refractivity contribution in [3.8, 4) is 0 Å². The number of nitrogens with zero attached hydrogens (tertiary/aromatic N) is 2. The van der Waals surface area contributed by atoms with Crippen LogP contribution in [0.2, 0.25) is 0 Å². The number of fused-ring (bicyclic) bond motifs is 1. The predicted molar refractivity (Wildman–Crippen MR) is 82.8 cm³/mol. The van der Waals surface area contributed by atoms with Gasteiger partial charge in [0.1, 0.15) is 5.82 Å². The first-order valence-electron chi connectivity index (χ1n) is 7.87. The third kappa shape index (κ3) is 2.04. The number of carbonyl (C=O) groups is 1. The van der Waals surface area contributed by atoms with Gasteiger partial charge in [0.2, 0.25) is 0 Å². The minimum Gasteiger partial charge on any atom is -0.478 e.